The van der Waals surface area contributed by atoms with Gasteiger partial charge < -0.3 is 0 Å². The van der Waals surface area contributed by atoms with Crippen LogP contribution in [0, 0.1) is 18.8 Å². The zero-order valence-corrected chi connectivity index (χ0v) is 13.3. The second-order valence-corrected chi connectivity index (χ2v) is 6.47. The molecular formula is C18H37. The summed E-state index contributed by atoms with van der Waals surface area (Å²) >= 11 is 0. The van der Waals surface area contributed by atoms with Crippen LogP contribution in [0.4, 0.5) is 0 Å². The first-order valence-electron chi connectivity index (χ1n) is 8.49. The summed E-state index contributed by atoms with van der Waals surface area (Å²) in [6, 6.07) is 0. The fraction of sp³-hybridized carbons (Fsp3) is 0.944. The van der Waals surface area contributed by atoms with Gasteiger partial charge >= 0.3 is 0 Å². The molecule has 1 unspecified atom stereocenters. The lowest BCUT2D eigenvalue weighted by Gasteiger charge is -2.13. The van der Waals surface area contributed by atoms with Crippen molar-refractivity contribution in [1.29, 1.82) is 0 Å². The molecule has 18 heavy (non-hydrogen) atoms. The van der Waals surface area contributed by atoms with Gasteiger partial charge in [-0.2, -0.15) is 0 Å². The molecule has 0 aromatic rings. The average Bonchev–Trinajstić information content (AvgIpc) is 2.30. The average molecular weight is 253 g/mol. The van der Waals surface area contributed by atoms with E-state index in [4.69, 9.17) is 0 Å². The molecule has 0 saturated carbocycles. The molecule has 0 heteroatoms. The van der Waals surface area contributed by atoms with E-state index in [0.717, 1.165) is 5.92 Å². The highest BCUT2D eigenvalue weighted by Crippen LogP contribution is 2.18. The Morgan fingerprint density at radius 1 is 0.722 bits per heavy atom. The predicted octanol–water partition coefficient (Wildman–Crippen LogP) is 6.79. The van der Waals surface area contributed by atoms with Crippen molar-refractivity contribution in [1.82, 2.24) is 0 Å². The molecule has 0 spiro atoms. The van der Waals surface area contributed by atoms with Crippen LogP contribution in [0.25, 0.3) is 0 Å². The van der Waals surface area contributed by atoms with E-state index in [1.807, 2.05) is 0 Å². The molecule has 0 nitrogen and oxygen atoms in total. The minimum atomic E-state index is 0.694. The van der Waals surface area contributed by atoms with Gasteiger partial charge in [-0.05, 0) is 18.3 Å². The number of unbranched alkanes of at least 4 members (excludes halogenated alkanes) is 9. The summed E-state index contributed by atoms with van der Waals surface area (Å²) in [5.41, 5.74) is 0. The third-order valence-electron chi connectivity index (χ3n) is 3.77. The lowest BCUT2D eigenvalue weighted by molar-refractivity contribution is 0.427. The molecule has 109 valence electrons. The molecule has 0 aromatic heterocycles. The molecule has 0 aliphatic heterocycles. The highest BCUT2D eigenvalue weighted by atomic mass is 14.1. The predicted molar refractivity (Wildman–Crippen MR) is 84.8 cm³/mol. The van der Waals surface area contributed by atoms with E-state index >= 15 is 0 Å². The number of rotatable bonds is 13. The third-order valence-corrected chi connectivity index (χ3v) is 3.77. The smallest absolute Gasteiger partial charge is 0.0412 e. The fourth-order valence-electron chi connectivity index (χ4n) is 2.70. The SMILES string of the molecule is [CH2]C(CCCCCCCCCCCC)CC(C)C. The number of hydrogen-bond acceptors (Lipinski definition) is 0. The maximum absolute atomic E-state index is 4.25. The van der Waals surface area contributed by atoms with Crippen molar-refractivity contribution in [2.45, 2.75) is 97.8 Å². The van der Waals surface area contributed by atoms with Crippen LogP contribution in [0.1, 0.15) is 97.8 Å². The lowest BCUT2D eigenvalue weighted by Crippen LogP contribution is -2.00. The summed E-state index contributed by atoms with van der Waals surface area (Å²) in [7, 11) is 0. The molecule has 1 radical (unpaired) electrons. The van der Waals surface area contributed by atoms with E-state index in [2.05, 4.69) is 27.7 Å². The fourth-order valence-corrected chi connectivity index (χ4v) is 2.70. The first-order chi connectivity index (χ1) is 8.66. The quantitative estimate of drug-likeness (QED) is 0.317. The van der Waals surface area contributed by atoms with Crippen molar-refractivity contribution in [3.8, 4) is 0 Å². The second kappa shape index (κ2) is 13.4. The van der Waals surface area contributed by atoms with Gasteiger partial charge in [-0.1, -0.05) is 98.3 Å². The van der Waals surface area contributed by atoms with Crippen LogP contribution in [-0.4, -0.2) is 0 Å². The molecule has 1 atom stereocenters. The summed E-state index contributed by atoms with van der Waals surface area (Å²) in [6.45, 7) is 11.1. The molecule has 0 amide bonds. The minimum Gasteiger partial charge on any atom is -0.0654 e. The zero-order valence-electron chi connectivity index (χ0n) is 13.3. The third kappa shape index (κ3) is 14.1. The standard InChI is InChI=1S/C18H37/c1-5-6-7-8-9-10-11-12-13-14-15-18(4)16-17(2)3/h17-18H,4-16H2,1-3H3. The molecule has 0 aliphatic carbocycles. The van der Waals surface area contributed by atoms with Crippen LogP contribution in [-0.2, 0) is 0 Å². The molecule has 0 aromatic carbocycles. The Hall–Kier alpha value is 0. The summed E-state index contributed by atoms with van der Waals surface area (Å²) in [5.74, 6) is 1.51. The van der Waals surface area contributed by atoms with Crippen LogP contribution in [0.15, 0.2) is 0 Å². The summed E-state index contributed by atoms with van der Waals surface area (Å²) < 4.78 is 0. The maximum atomic E-state index is 4.25. The van der Waals surface area contributed by atoms with E-state index in [0.29, 0.717) is 5.92 Å². The van der Waals surface area contributed by atoms with E-state index in [1.54, 1.807) is 0 Å². The zero-order chi connectivity index (χ0) is 13.6. The normalized spacial score (nSPS) is 13.2. The molecule has 0 saturated heterocycles. The Morgan fingerprint density at radius 3 is 1.61 bits per heavy atom. The summed E-state index contributed by atoms with van der Waals surface area (Å²) in [6.07, 6.45) is 17.0. The van der Waals surface area contributed by atoms with Crippen LogP contribution < -0.4 is 0 Å². The van der Waals surface area contributed by atoms with Crippen molar-refractivity contribution in [3.05, 3.63) is 6.92 Å². The van der Waals surface area contributed by atoms with Gasteiger partial charge in [-0.3, -0.25) is 0 Å². The molecule has 0 heterocycles. The van der Waals surface area contributed by atoms with E-state index in [9.17, 15) is 0 Å². The van der Waals surface area contributed by atoms with Crippen molar-refractivity contribution in [2.24, 2.45) is 11.8 Å². The van der Waals surface area contributed by atoms with Gasteiger partial charge in [0.2, 0.25) is 0 Å². The van der Waals surface area contributed by atoms with Gasteiger partial charge in [0.25, 0.3) is 0 Å². The second-order valence-electron chi connectivity index (χ2n) is 6.47. The van der Waals surface area contributed by atoms with Gasteiger partial charge in [-0.25, -0.2) is 0 Å². The molecular weight excluding hydrogens is 216 g/mol. The van der Waals surface area contributed by atoms with Crippen molar-refractivity contribution in [3.63, 3.8) is 0 Å². The summed E-state index contributed by atoms with van der Waals surface area (Å²) in [4.78, 5) is 0. The maximum Gasteiger partial charge on any atom is -0.0412 e. The van der Waals surface area contributed by atoms with Crippen molar-refractivity contribution in [2.75, 3.05) is 0 Å². The molecule has 0 N–H and O–H groups in total. The largest absolute Gasteiger partial charge is 0.0654 e. The van der Waals surface area contributed by atoms with Gasteiger partial charge in [-0.15, -0.1) is 0 Å². The van der Waals surface area contributed by atoms with Crippen LogP contribution in [0.5, 0.6) is 0 Å². The lowest BCUT2D eigenvalue weighted by atomic mass is 9.93. The summed E-state index contributed by atoms with van der Waals surface area (Å²) in [5, 5.41) is 0. The van der Waals surface area contributed by atoms with Gasteiger partial charge in [0.15, 0.2) is 0 Å². The molecule has 0 fully saturated rings. The Bertz CT molecular complexity index is 148. The first kappa shape index (κ1) is 18.0. The molecule has 0 bridgehead atoms. The molecule has 0 rings (SSSR count). The Kier molecular flexibility index (Phi) is 13.4. The molecule has 0 aliphatic rings. The van der Waals surface area contributed by atoms with Crippen LogP contribution in [0.2, 0.25) is 0 Å². The van der Waals surface area contributed by atoms with Crippen molar-refractivity contribution >= 4 is 0 Å². The number of hydrogen-bond donors (Lipinski definition) is 0. The van der Waals surface area contributed by atoms with Gasteiger partial charge in [0, 0.05) is 0 Å². The van der Waals surface area contributed by atoms with Gasteiger partial charge in [0.1, 0.15) is 0 Å². The van der Waals surface area contributed by atoms with E-state index < -0.39 is 0 Å². The topological polar surface area (TPSA) is 0 Å². The van der Waals surface area contributed by atoms with Crippen LogP contribution >= 0.6 is 0 Å². The Balaban J connectivity index is 3.07. The van der Waals surface area contributed by atoms with Crippen LogP contribution in [0.3, 0.4) is 0 Å². The monoisotopic (exact) mass is 253 g/mol. The highest BCUT2D eigenvalue weighted by molar-refractivity contribution is 4.63. The Labute approximate surface area is 117 Å². The minimum absolute atomic E-state index is 0.694. The Morgan fingerprint density at radius 2 is 1.17 bits per heavy atom. The van der Waals surface area contributed by atoms with Crippen molar-refractivity contribution < 1.29 is 0 Å². The van der Waals surface area contributed by atoms with E-state index in [-0.39, 0.29) is 0 Å². The highest BCUT2D eigenvalue weighted by Gasteiger charge is 2.04. The van der Waals surface area contributed by atoms with E-state index in [1.165, 1.54) is 77.0 Å². The van der Waals surface area contributed by atoms with Gasteiger partial charge in [0.05, 0.1) is 0 Å². The first-order valence-corrected chi connectivity index (χ1v) is 8.49.